The Kier molecular flexibility index (Phi) is 9.05. The van der Waals surface area contributed by atoms with Crippen LogP contribution in [0.4, 0.5) is 38.0 Å². The molecule has 2 aromatic heterocycles. The van der Waals surface area contributed by atoms with E-state index in [2.05, 4.69) is 19.9 Å². The van der Waals surface area contributed by atoms with Crippen molar-refractivity contribution in [1.29, 1.82) is 0 Å². The molecule has 4 aliphatic rings. The number of amides is 1. The molecule has 0 radical (unpaired) electrons. The number of carbonyl (C=O) groups is 1. The van der Waals surface area contributed by atoms with Crippen molar-refractivity contribution < 1.29 is 35.9 Å². The summed E-state index contributed by atoms with van der Waals surface area (Å²) in [7, 11) is 3.65. The van der Waals surface area contributed by atoms with Gasteiger partial charge in [-0.2, -0.15) is 23.1 Å². The molecule has 4 fully saturated rings. The number of fused-ring (bicyclic) bond motifs is 2. The molecule has 6 heterocycles. The van der Waals surface area contributed by atoms with Gasteiger partial charge in [0.2, 0.25) is 5.91 Å². The van der Waals surface area contributed by atoms with Gasteiger partial charge in [0.1, 0.15) is 35.7 Å². The highest BCUT2D eigenvalue weighted by atomic mass is 19.4. The van der Waals surface area contributed by atoms with Crippen molar-refractivity contribution in [3.05, 3.63) is 47.0 Å². The number of benzene rings is 1. The summed E-state index contributed by atoms with van der Waals surface area (Å²) < 4.78 is 96.1. The predicted molar refractivity (Wildman–Crippen MR) is 179 cm³/mol. The Hall–Kier alpha value is -4.18. The smallest absolute Gasteiger partial charge is 0.418 e. The second-order valence-electron chi connectivity index (χ2n) is 14.3. The average Bonchev–Trinajstić information content (AvgIpc) is 3.76. The quantitative estimate of drug-likeness (QED) is 0.251. The van der Waals surface area contributed by atoms with Crippen LogP contribution in [0.1, 0.15) is 43.2 Å². The lowest BCUT2D eigenvalue weighted by atomic mass is 9.95. The van der Waals surface area contributed by atoms with Gasteiger partial charge in [0.15, 0.2) is 5.82 Å². The molecule has 51 heavy (non-hydrogen) atoms. The van der Waals surface area contributed by atoms with Crippen molar-refractivity contribution in [2.75, 3.05) is 64.1 Å². The van der Waals surface area contributed by atoms with Crippen LogP contribution in [0, 0.1) is 18.6 Å². The number of likely N-dealkylation sites (N-methyl/N-ethyl adjacent to an activating group) is 2. The zero-order chi connectivity index (χ0) is 36.4. The fourth-order valence-corrected chi connectivity index (χ4v) is 8.10. The predicted octanol–water partition coefficient (Wildman–Crippen LogP) is 5.13. The van der Waals surface area contributed by atoms with Gasteiger partial charge < -0.3 is 20.3 Å². The lowest BCUT2D eigenvalue weighted by Gasteiger charge is -2.35. The summed E-state index contributed by atoms with van der Waals surface area (Å²) in [4.78, 5) is 33.1. The summed E-state index contributed by atoms with van der Waals surface area (Å²) in [6.45, 7) is 3.80. The van der Waals surface area contributed by atoms with Crippen LogP contribution in [0.25, 0.3) is 22.2 Å². The highest BCUT2D eigenvalue weighted by Crippen LogP contribution is 2.44. The third-order valence-electron chi connectivity index (χ3n) is 11.0. The molecule has 274 valence electrons. The SMILES string of the molecule is Cc1cc(N)nc(-c2c(F)cc3c(N(C)C4CCN(C(=O)/C=C/C5CCN5C)C4)nc(OC[C@@]45CCCN4C[C@H](F)C5)nc3c2F)c1C(F)(F)F. The van der Waals surface area contributed by atoms with Crippen LogP contribution in [0.15, 0.2) is 24.3 Å². The molecule has 0 spiro atoms. The van der Waals surface area contributed by atoms with E-state index >= 15 is 8.78 Å². The number of rotatable bonds is 8. The van der Waals surface area contributed by atoms with Crippen LogP contribution in [0.3, 0.4) is 0 Å². The second-order valence-corrected chi connectivity index (χ2v) is 14.3. The van der Waals surface area contributed by atoms with Crippen LogP contribution in [0.5, 0.6) is 6.01 Å². The van der Waals surface area contributed by atoms with Crippen molar-refractivity contribution >= 4 is 28.4 Å². The van der Waals surface area contributed by atoms with Gasteiger partial charge in [0.05, 0.1) is 22.4 Å². The normalized spacial score (nSPS) is 25.6. The van der Waals surface area contributed by atoms with Crippen LogP contribution < -0.4 is 15.4 Å². The van der Waals surface area contributed by atoms with Crippen LogP contribution in [-0.4, -0.2) is 113 Å². The summed E-state index contributed by atoms with van der Waals surface area (Å²) in [6.07, 6.45) is 0.670. The van der Waals surface area contributed by atoms with Crippen molar-refractivity contribution in [2.45, 2.75) is 69.0 Å². The molecule has 2 unspecified atom stereocenters. The topological polar surface area (TPSA) is 104 Å². The van der Waals surface area contributed by atoms with Gasteiger partial charge >= 0.3 is 12.2 Å². The summed E-state index contributed by atoms with van der Waals surface area (Å²) in [5.41, 5.74) is 0.966. The molecule has 1 amide bonds. The number of hydrogen-bond donors (Lipinski definition) is 1. The first-order chi connectivity index (χ1) is 24.1. The summed E-state index contributed by atoms with van der Waals surface area (Å²) in [5, 5.41) is -0.110. The number of alkyl halides is 4. The van der Waals surface area contributed by atoms with Gasteiger partial charge in [-0.3, -0.25) is 14.6 Å². The van der Waals surface area contributed by atoms with Gasteiger partial charge in [-0.15, -0.1) is 0 Å². The number of ether oxygens (including phenoxy) is 1. The number of halogens is 6. The Bertz CT molecular complexity index is 1890. The fourth-order valence-electron chi connectivity index (χ4n) is 8.10. The molecule has 3 aromatic rings. The first-order valence-electron chi connectivity index (χ1n) is 17.1. The molecular formula is C35H40F6N8O2. The Balaban J connectivity index is 1.28. The molecule has 4 aliphatic heterocycles. The van der Waals surface area contributed by atoms with Crippen molar-refractivity contribution in [3.63, 3.8) is 0 Å². The van der Waals surface area contributed by atoms with Crippen LogP contribution >= 0.6 is 0 Å². The standard InChI is InChI=1S/C35H40F6N8O2/c1-19-13-25(42)43-31(28(19)35(39,40)41)27-24(37)14-23-30(29(27)38)44-33(51-18-34-9-4-10-49(34)16-20(36)15-34)45-32(23)47(3)22-8-12-48(17-22)26(50)6-5-21-7-11-46(21)2/h5-6,13-14,20-22H,4,7-12,15-18H2,1-3H3,(H2,42,43)/b6-5+/t20-,21?,22?,34+/m1/s1. The van der Waals surface area contributed by atoms with E-state index in [-0.39, 0.29) is 66.2 Å². The zero-order valence-electron chi connectivity index (χ0n) is 28.6. The molecule has 4 atom stereocenters. The van der Waals surface area contributed by atoms with Gasteiger partial charge in [0, 0.05) is 63.2 Å². The molecule has 10 nitrogen and oxygen atoms in total. The fraction of sp³-hybridized carbons (Fsp3) is 0.543. The molecule has 1 aromatic carbocycles. The van der Waals surface area contributed by atoms with Crippen molar-refractivity contribution in [3.8, 4) is 17.3 Å². The van der Waals surface area contributed by atoms with Gasteiger partial charge in [-0.05, 0) is 63.9 Å². The first kappa shape index (κ1) is 35.2. The summed E-state index contributed by atoms with van der Waals surface area (Å²) >= 11 is 0. The Morgan fingerprint density at radius 2 is 1.92 bits per heavy atom. The summed E-state index contributed by atoms with van der Waals surface area (Å²) in [5.74, 6) is -3.15. The maximum absolute atomic E-state index is 16.7. The van der Waals surface area contributed by atoms with Gasteiger partial charge in [-0.1, -0.05) is 6.08 Å². The van der Waals surface area contributed by atoms with E-state index in [0.29, 0.717) is 32.5 Å². The van der Waals surface area contributed by atoms with E-state index in [0.717, 1.165) is 38.4 Å². The molecule has 7 rings (SSSR count). The number of carbonyl (C=O) groups excluding carboxylic acids is 1. The van der Waals surface area contributed by atoms with E-state index in [1.54, 1.807) is 22.9 Å². The molecule has 0 saturated carbocycles. The molecule has 0 aliphatic carbocycles. The summed E-state index contributed by atoms with van der Waals surface area (Å²) in [6, 6.07) is 1.46. The molecule has 0 bridgehead atoms. The number of likely N-dealkylation sites (tertiary alicyclic amines) is 2. The molecular weight excluding hydrogens is 678 g/mol. The highest BCUT2D eigenvalue weighted by Gasteiger charge is 2.49. The van der Waals surface area contributed by atoms with Gasteiger partial charge in [0.25, 0.3) is 0 Å². The maximum Gasteiger partial charge on any atom is 0.418 e. The molecule has 16 heteroatoms. The number of hydrogen-bond acceptors (Lipinski definition) is 9. The number of nitrogen functional groups attached to an aromatic ring is 1. The van der Waals surface area contributed by atoms with E-state index in [4.69, 9.17) is 10.5 Å². The van der Waals surface area contributed by atoms with Crippen molar-refractivity contribution in [1.82, 2.24) is 29.7 Å². The Morgan fingerprint density at radius 1 is 1.14 bits per heavy atom. The lowest BCUT2D eigenvalue weighted by Crippen LogP contribution is -2.43. The Labute approximate surface area is 291 Å². The number of nitrogens with two attached hydrogens (primary N) is 1. The van der Waals surface area contributed by atoms with E-state index in [1.807, 2.05) is 18.0 Å². The van der Waals surface area contributed by atoms with Crippen LogP contribution in [-0.2, 0) is 11.0 Å². The van der Waals surface area contributed by atoms with E-state index < -0.39 is 51.9 Å². The van der Waals surface area contributed by atoms with Crippen molar-refractivity contribution in [2.24, 2.45) is 0 Å². The largest absolute Gasteiger partial charge is 0.461 e. The van der Waals surface area contributed by atoms with E-state index in [9.17, 15) is 22.4 Å². The third-order valence-corrected chi connectivity index (χ3v) is 11.0. The first-order valence-corrected chi connectivity index (χ1v) is 17.1. The minimum absolute atomic E-state index is 0.000167. The second kappa shape index (κ2) is 13.1. The average molecular weight is 719 g/mol. The highest BCUT2D eigenvalue weighted by molar-refractivity contribution is 5.94. The lowest BCUT2D eigenvalue weighted by molar-refractivity contribution is -0.137. The maximum atomic E-state index is 16.7. The van der Waals surface area contributed by atoms with Gasteiger partial charge in [-0.25, -0.2) is 18.2 Å². The monoisotopic (exact) mass is 718 g/mol. The van der Waals surface area contributed by atoms with Crippen LogP contribution in [0.2, 0.25) is 0 Å². The zero-order valence-corrected chi connectivity index (χ0v) is 28.6. The molecule has 4 saturated heterocycles. The number of anilines is 2. The van der Waals surface area contributed by atoms with E-state index in [1.165, 1.54) is 0 Å². The third kappa shape index (κ3) is 6.45. The molecule has 2 N–H and O–H groups in total. The Morgan fingerprint density at radius 3 is 2.63 bits per heavy atom. The minimum Gasteiger partial charge on any atom is -0.461 e. The number of aromatic nitrogens is 3. The minimum atomic E-state index is -5.00. The number of aryl methyl sites for hydroxylation is 1. The number of pyridine rings is 1. The number of nitrogens with zero attached hydrogens (tertiary/aromatic N) is 7.